The number of carbonyl (C=O) groups excluding carboxylic acids is 7. The van der Waals surface area contributed by atoms with Crippen molar-refractivity contribution in [3.8, 4) is 22.6 Å². The van der Waals surface area contributed by atoms with Crippen LogP contribution in [0.1, 0.15) is 135 Å². The van der Waals surface area contributed by atoms with Gasteiger partial charge in [-0.15, -0.1) is 0 Å². The summed E-state index contributed by atoms with van der Waals surface area (Å²) in [7, 11) is 2.68. The first kappa shape index (κ1) is 56.1. The summed E-state index contributed by atoms with van der Waals surface area (Å²) in [5.74, 6) is -7.19. The Morgan fingerprint density at radius 2 is 1.28 bits per heavy atom. The van der Waals surface area contributed by atoms with E-state index < -0.39 is 90.8 Å². The average Bonchev–Trinajstić information content (AvgIpc) is 3.30. The molecule has 0 spiro atoms. The van der Waals surface area contributed by atoms with E-state index in [4.69, 9.17) is 0 Å². The second kappa shape index (κ2) is 28.2. The maximum atomic E-state index is 14.1. The molecule has 19 nitrogen and oxygen atoms in total. The summed E-state index contributed by atoms with van der Waals surface area (Å²) in [6.45, 7) is 4.78. The van der Waals surface area contributed by atoms with Crippen LogP contribution in [0.15, 0.2) is 36.4 Å². The number of unbranched alkanes of at least 4 members (excludes halogenated alkanes) is 12. The van der Waals surface area contributed by atoms with Crippen LogP contribution in [0.4, 0.5) is 0 Å². The van der Waals surface area contributed by atoms with E-state index in [0.717, 1.165) is 29.1 Å². The number of hydrogen-bond acceptors (Lipinski definition) is 11. The molecule has 3 rings (SSSR count). The number of likely N-dealkylation sites (N-methyl/N-ethyl adjacent to an activating group) is 2. The van der Waals surface area contributed by atoms with Crippen molar-refractivity contribution < 1.29 is 58.8 Å². The van der Waals surface area contributed by atoms with Gasteiger partial charge in [0, 0.05) is 38.1 Å². The van der Waals surface area contributed by atoms with E-state index in [-0.39, 0.29) is 46.9 Å². The van der Waals surface area contributed by atoms with Gasteiger partial charge in [-0.05, 0) is 62.6 Å². The molecule has 68 heavy (non-hydrogen) atoms. The Bertz CT molecular complexity index is 2060. The summed E-state index contributed by atoms with van der Waals surface area (Å²) in [6, 6.07) is 0.240. The number of aliphatic hydroxyl groups excluding tert-OH is 1. The van der Waals surface area contributed by atoms with E-state index in [2.05, 4.69) is 33.5 Å². The molecular weight excluding hydrogens is 879 g/mol. The zero-order chi connectivity index (χ0) is 50.5. The van der Waals surface area contributed by atoms with Crippen molar-refractivity contribution in [2.75, 3.05) is 27.2 Å². The van der Waals surface area contributed by atoms with Gasteiger partial charge in [0.15, 0.2) is 0 Å². The second-order valence-electron chi connectivity index (χ2n) is 17.7. The van der Waals surface area contributed by atoms with Gasteiger partial charge in [-0.1, -0.05) is 96.1 Å². The number of carboxylic acid groups (broad SMARTS) is 1. The number of aromatic hydroxyl groups is 2. The summed E-state index contributed by atoms with van der Waals surface area (Å²) < 4.78 is 0. The van der Waals surface area contributed by atoms with Crippen LogP contribution in [-0.4, -0.2) is 135 Å². The van der Waals surface area contributed by atoms with Gasteiger partial charge in [0.05, 0.1) is 13.2 Å². The third-order valence-corrected chi connectivity index (χ3v) is 12.3. The highest BCUT2D eigenvalue weighted by Gasteiger charge is 2.34. The van der Waals surface area contributed by atoms with Crippen molar-refractivity contribution in [2.45, 2.75) is 160 Å². The molecule has 0 aromatic heterocycles. The normalized spacial score (nSPS) is 17.2. The topological polar surface area (TPSA) is 284 Å². The number of hydrogen-bond donors (Lipinski definition) is 9. The fourth-order valence-electron chi connectivity index (χ4n) is 7.88. The minimum atomic E-state index is -1.51. The highest BCUT2D eigenvalue weighted by molar-refractivity contribution is 5.97. The maximum absolute atomic E-state index is 14.1. The summed E-state index contributed by atoms with van der Waals surface area (Å²) >= 11 is 0. The molecule has 19 heteroatoms. The Balaban J connectivity index is 1.65. The highest BCUT2D eigenvalue weighted by atomic mass is 16.4. The summed E-state index contributed by atoms with van der Waals surface area (Å²) in [5.41, 5.74) is 0.649. The molecule has 1 heterocycles. The second-order valence-corrected chi connectivity index (χ2v) is 17.7. The van der Waals surface area contributed by atoms with E-state index in [9.17, 15) is 58.8 Å². The van der Waals surface area contributed by atoms with E-state index in [1.807, 2.05) is 0 Å². The van der Waals surface area contributed by atoms with Crippen LogP contribution >= 0.6 is 0 Å². The smallest absolute Gasteiger partial charge is 0.325 e. The van der Waals surface area contributed by atoms with Gasteiger partial charge in [0.1, 0.15) is 47.8 Å². The van der Waals surface area contributed by atoms with Crippen molar-refractivity contribution in [1.29, 1.82) is 0 Å². The molecule has 0 saturated carbocycles. The van der Waals surface area contributed by atoms with Gasteiger partial charge < -0.3 is 56.8 Å². The monoisotopic (exact) mass is 952 g/mol. The van der Waals surface area contributed by atoms with E-state index in [0.29, 0.717) is 12.0 Å². The number of nitrogens with one attached hydrogen (secondary N) is 5. The van der Waals surface area contributed by atoms with Gasteiger partial charge in [-0.25, -0.2) is 0 Å². The van der Waals surface area contributed by atoms with E-state index >= 15 is 0 Å². The number of amides is 7. The molecule has 1 aliphatic heterocycles. The summed E-state index contributed by atoms with van der Waals surface area (Å²) in [4.78, 5) is 108. The molecule has 0 fully saturated rings. The van der Waals surface area contributed by atoms with Crippen LogP contribution in [0.25, 0.3) is 11.1 Å². The van der Waals surface area contributed by atoms with Gasteiger partial charge >= 0.3 is 5.97 Å². The quantitative estimate of drug-likeness (QED) is 0.0649. The van der Waals surface area contributed by atoms with Gasteiger partial charge in [0.2, 0.25) is 41.4 Å². The first-order chi connectivity index (χ1) is 32.3. The molecule has 2 aromatic carbocycles. The van der Waals surface area contributed by atoms with Crippen LogP contribution in [0.3, 0.4) is 0 Å². The summed E-state index contributed by atoms with van der Waals surface area (Å²) in [5, 5.41) is 53.6. The number of aliphatic carboxylic acids is 1. The standard InChI is InChI=1S/C49H73N7O12/c1-7-8-9-10-11-12-13-14-15-16-17-18-19-20-41(60)55(5)38(29-57)47(65)51-30(2)44(62)50-28-42(61)56(6)43-34-22-24-40(59)36(27-34)35-25-33(21-23-39(35)58)26-37(46(64)53-32(4)49(67)68)54-45(63)31(3)52-48(43)66/h21-25,27,30-32,37-38,43,57-59H,7-20,26,28-29H2,1-6H3,(H,50,62)(H,51,65)(H,52,66)(H,53,64)(H,54,63)(H,67,68)/t30-,31+,32+,37+,38-,43+/m1/s1. The SMILES string of the molecule is CCCCCCCCCCCCCCCC(=O)N(C)[C@H](CO)C(=O)N[C@H](C)C(=O)NCC(=O)N(C)[C@@H]1C(=O)N[C@@H](C)C(=O)N[C@H](C(=O)N[C@@H](C)C(=O)O)Cc2ccc(O)c(c2)-c2cc1ccc2O. The van der Waals surface area contributed by atoms with Crippen LogP contribution in [-0.2, 0) is 44.8 Å². The number of benzene rings is 2. The number of carbonyl (C=O) groups is 8. The minimum absolute atomic E-state index is 0.0427. The molecule has 0 aliphatic carbocycles. The van der Waals surface area contributed by atoms with Gasteiger partial charge in [-0.2, -0.15) is 0 Å². The molecule has 9 N–H and O–H groups in total. The lowest BCUT2D eigenvalue weighted by Crippen LogP contribution is -2.56. The Labute approximate surface area is 399 Å². The molecule has 0 radical (unpaired) electrons. The Morgan fingerprint density at radius 1 is 0.721 bits per heavy atom. The lowest BCUT2D eigenvalue weighted by molar-refractivity contribution is -0.142. The number of carboxylic acids is 1. The summed E-state index contributed by atoms with van der Waals surface area (Å²) in [6.07, 6.45) is 15.0. The molecule has 0 unspecified atom stereocenters. The van der Waals surface area contributed by atoms with Crippen molar-refractivity contribution in [3.63, 3.8) is 0 Å². The highest BCUT2D eigenvalue weighted by Crippen LogP contribution is 2.38. The van der Waals surface area contributed by atoms with Crippen molar-refractivity contribution in [1.82, 2.24) is 36.4 Å². The molecule has 376 valence electrons. The number of phenols is 2. The van der Waals surface area contributed by atoms with Crippen molar-refractivity contribution >= 4 is 47.3 Å². The molecule has 1 aliphatic rings. The molecule has 6 atom stereocenters. The number of rotatable bonds is 25. The predicted octanol–water partition coefficient (Wildman–Crippen LogP) is 3.32. The predicted molar refractivity (Wildman–Crippen MR) is 254 cm³/mol. The third kappa shape index (κ3) is 17.1. The largest absolute Gasteiger partial charge is 0.507 e. The number of aliphatic hydroxyl groups is 1. The van der Waals surface area contributed by atoms with E-state index in [1.54, 1.807) is 0 Å². The van der Waals surface area contributed by atoms with Gasteiger partial charge in [0.25, 0.3) is 0 Å². The lowest BCUT2D eigenvalue weighted by Gasteiger charge is -2.30. The van der Waals surface area contributed by atoms with Gasteiger partial charge in [-0.3, -0.25) is 38.4 Å². The lowest BCUT2D eigenvalue weighted by atomic mass is 9.93. The minimum Gasteiger partial charge on any atom is -0.507 e. The fraction of sp³-hybridized carbons (Fsp3) is 0.592. The Kier molecular flexibility index (Phi) is 23.2. The fourth-order valence-corrected chi connectivity index (χ4v) is 7.88. The first-order valence-electron chi connectivity index (χ1n) is 23.8. The molecular formula is C49H73N7O12. The van der Waals surface area contributed by atoms with Crippen LogP contribution in [0, 0.1) is 0 Å². The molecule has 7 amide bonds. The van der Waals surface area contributed by atoms with Crippen molar-refractivity contribution in [3.05, 3.63) is 47.5 Å². The molecule has 0 saturated heterocycles. The van der Waals surface area contributed by atoms with Crippen molar-refractivity contribution in [2.24, 2.45) is 0 Å². The van der Waals surface area contributed by atoms with Crippen LogP contribution in [0.2, 0.25) is 0 Å². The average molecular weight is 952 g/mol. The Hall–Kier alpha value is -6.24. The maximum Gasteiger partial charge on any atom is 0.325 e. The number of nitrogens with zero attached hydrogens (tertiary/aromatic N) is 2. The first-order valence-corrected chi connectivity index (χ1v) is 23.8. The zero-order valence-electron chi connectivity index (χ0n) is 40.4. The third-order valence-electron chi connectivity index (χ3n) is 12.3. The number of fused-ring (bicyclic) bond motifs is 5. The van der Waals surface area contributed by atoms with Crippen LogP contribution in [0.5, 0.6) is 11.5 Å². The molecule has 2 aromatic rings. The van der Waals surface area contributed by atoms with Crippen LogP contribution < -0.4 is 26.6 Å². The van der Waals surface area contributed by atoms with E-state index in [1.165, 1.54) is 129 Å². The number of phenolic OH excluding ortho intramolecular Hbond substituents is 2. The molecule has 4 bridgehead atoms. The zero-order valence-corrected chi connectivity index (χ0v) is 40.4. The Morgan fingerprint density at radius 3 is 1.85 bits per heavy atom.